The zero-order chi connectivity index (χ0) is 13.2. The van der Waals surface area contributed by atoms with Gasteiger partial charge < -0.3 is 10.3 Å². The van der Waals surface area contributed by atoms with E-state index in [0.717, 1.165) is 15.5 Å². The lowest BCUT2D eigenvalue weighted by atomic mass is 10.1. The van der Waals surface area contributed by atoms with E-state index in [2.05, 4.69) is 31.2 Å². The summed E-state index contributed by atoms with van der Waals surface area (Å²) in [5, 5.41) is 3.89. The lowest BCUT2D eigenvalue weighted by molar-refractivity contribution is 0.102. The zero-order valence-corrected chi connectivity index (χ0v) is 11.4. The van der Waals surface area contributed by atoms with Crippen LogP contribution in [0.2, 0.25) is 0 Å². The van der Waals surface area contributed by atoms with Crippen molar-refractivity contribution >= 4 is 38.4 Å². The van der Waals surface area contributed by atoms with Gasteiger partial charge in [0.15, 0.2) is 0 Å². The number of hydrogen-bond donors (Lipinski definition) is 2. The number of carbonyl (C=O) groups is 1. The van der Waals surface area contributed by atoms with Gasteiger partial charge in [-0.2, -0.15) is 0 Å². The maximum atomic E-state index is 12.1. The second-order valence-electron chi connectivity index (χ2n) is 4.10. The molecular weight excluding hydrogens is 306 g/mol. The fourth-order valence-corrected chi connectivity index (χ4v) is 2.08. The molecule has 0 aliphatic heterocycles. The van der Waals surface area contributed by atoms with Crippen LogP contribution in [0.25, 0.3) is 10.9 Å². The molecule has 2 N–H and O–H groups in total. The van der Waals surface area contributed by atoms with E-state index in [0.29, 0.717) is 11.3 Å². The minimum atomic E-state index is -0.152. The number of benzene rings is 1. The van der Waals surface area contributed by atoms with Gasteiger partial charge in [-0.25, -0.2) is 4.98 Å². The normalized spacial score (nSPS) is 10.6. The first-order valence-corrected chi connectivity index (χ1v) is 6.52. The molecule has 0 atom stereocenters. The van der Waals surface area contributed by atoms with Crippen molar-refractivity contribution in [3.63, 3.8) is 0 Å². The number of amides is 1. The Morgan fingerprint density at radius 3 is 2.89 bits per heavy atom. The predicted octanol–water partition coefficient (Wildman–Crippen LogP) is 3.58. The molecule has 0 fully saturated rings. The predicted molar refractivity (Wildman–Crippen MR) is 78.2 cm³/mol. The van der Waals surface area contributed by atoms with Crippen molar-refractivity contribution in [2.24, 2.45) is 0 Å². The number of aromatic amines is 1. The summed E-state index contributed by atoms with van der Waals surface area (Å²) in [6.45, 7) is 0. The van der Waals surface area contributed by atoms with E-state index in [1.807, 2.05) is 24.4 Å². The van der Waals surface area contributed by atoms with Gasteiger partial charge >= 0.3 is 0 Å². The lowest BCUT2D eigenvalue weighted by Crippen LogP contribution is -2.11. The Hall–Kier alpha value is -2.14. The Morgan fingerprint density at radius 1 is 1.21 bits per heavy atom. The monoisotopic (exact) mass is 315 g/mol. The molecule has 5 heteroatoms. The summed E-state index contributed by atoms with van der Waals surface area (Å²) in [5.74, 6) is -0.152. The van der Waals surface area contributed by atoms with Crippen molar-refractivity contribution in [3.05, 3.63) is 59.0 Å². The van der Waals surface area contributed by atoms with E-state index in [9.17, 15) is 4.79 Å². The minimum Gasteiger partial charge on any atom is -0.361 e. The Balaban J connectivity index is 1.84. The molecule has 2 aromatic heterocycles. The van der Waals surface area contributed by atoms with Gasteiger partial charge in [0.05, 0.1) is 11.9 Å². The number of carbonyl (C=O) groups excluding carboxylic acids is 1. The van der Waals surface area contributed by atoms with Crippen LogP contribution in [-0.2, 0) is 0 Å². The summed E-state index contributed by atoms with van der Waals surface area (Å²) in [7, 11) is 0. The van der Waals surface area contributed by atoms with Gasteiger partial charge in [0.1, 0.15) is 4.60 Å². The van der Waals surface area contributed by atoms with Crippen molar-refractivity contribution in [2.75, 3.05) is 5.32 Å². The van der Waals surface area contributed by atoms with E-state index in [-0.39, 0.29) is 5.91 Å². The number of nitrogens with one attached hydrogen (secondary N) is 2. The number of hydrogen-bond acceptors (Lipinski definition) is 2. The van der Waals surface area contributed by atoms with Gasteiger partial charge in [-0.3, -0.25) is 4.79 Å². The third-order valence-electron chi connectivity index (χ3n) is 2.80. The van der Waals surface area contributed by atoms with Gasteiger partial charge in [0.25, 0.3) is 5.91 Å². The molecule has 0 saturated carbocycles. The van der Waals surface area contributed by atoms with Crippen LogP contribution in [0.3, 0.4) is 0 Å². The molecular formula is C14H10BrN3O. The van der Waals surface area contributed by atoms with Crippen LogP contribution >= 0.6 is 15.9 Å². The molecule has 2 heterocycles. The highest BCUT2D eigenvalue weighted by Gasteiger charge is 2.07. The van der Waals surface area contributed by atoms with E-state index >= 15 is 0 Å². The number of aromatic nitrogens is 2. The summed E-state index contributed by atoms with van der Waals surface area (Å²) in [6, 6.07) is 11.1. The summed E-state index contributed by atoms with van der Waals surface area (Å²) in [5.41, 5.74) is 2.22. The highest BCUT2D eigenvalue weighted by atomic mass is 79.9. The molecule has 0 bridgehead atoms. The molecule has 0 saturated heterocycles. The number of H-pyrrole nitrogens is 1. The maximum absolute atomic E-state index is 12.1. The summed E-state index contributed by atoms with van der Waals surface area (Å²) >= 11 is 3.25. The van der Waals surface area contributed by atoms with Crippen molar-refractivity contribution in [2.45, 2.75) is 0 Å². The second kappa shape index (κ2) is 4.85. The van der Waals surface area contributed by atoms with Crippen LogP contribution in [-0.4, -0.2) is 15.9 Å². The summed E-state index contributed by atoms with van der Waals surface area (Å²) in [6.07, 6.45) is 3.46. The Morgan fingerprint density at radius 2 is 2.11 bits per heavy atom. The third kappa shape index (κ3) is 2.51. The average Bonchev–Trinajstić information content (AvgIpc) is 2.88. The molecule has 0 spiro atoms. The van der Waals surface area contributed by atoms with E-state index in [1.54, 1.807) is 24.4 Å². The fourth-order valence-electron chi connectivity index (χ4n) is 1.84. The van der Waals surface area contributed by atoms with Crippen LogP contribution in [0.1, 0.15) is 10.4 Å². The first-order chi connectivity index (χ1) is 9.22. The smallest absolute Gasteiger partial charge is 0.255 e. The largest absolute Gasteiger partial charge is 0.361 e. The number of halogens is 1. The van der Waals surface area contributed by atoms with Gasteiger partial charge in [-0.1, -0.05) is 6.07 Å². The van der Waals surface area contributed by atoms with Crippen molar-refractivity contribution in [1.82, 2.24) is 9.97 Å². The van der Waals surface area contributed by atoms with Crippen LogP contribution in [0, 0.1) is 0 Å². The highest BCUT2D eigenvalue weighted by Crippen LogP contribution is 2.16. The van der Waals surface area contributed by atoms with E-state index < -0.39 is 0 Å². The Kier molecular flexibility index (Phi) is 3.05. The lowest BCUT2D eigenvalue weighted by Gasteiger charge is -2.05. The van der Waals surface area contributed by atoms with Crippen LogP contribution < -0.4 is 5.32 Å². The van der Waals surface area contributed by atoms with Crippen molar-refractivity contribution in [3.8, 4) is 0 Å². The Bertz CT molecular complexity index is 734. The first kappa shape index (κ1) is 11.9. The highest BCUT2D eigenvalue weighted by molar-refractivity contribution is 9.10. The second-order valence-corrected chi connectivity index (χ2v) is 4.92. The topological polar surface area (TPSA) is 57.8 Å². The van der Waals surface area contributed by atoms with E-state index in [1.165, 1.54) is 0 Å². The van der Waals surface area contributed by atoms with Crippen LogP contribution in [0.5, 0.6) is 0 Å². The molecule has 0 aliphatic rings. The number of nitrogens with zero attached hydrogens (tertiary/aromatic N) is 1. The number of pyridine rings is 1. The molecule has 94 valence electrons. The van der Waals surface area contributed by atoms with Gasteiger partial charge in [0.2, 0.25) is 0 Å². The molecule has 3 aromatic rings. The number of fused-ring (bicyclic) bond motifs is 1. The molecule has 0 radical (unpaired) electrons. The number of rotatable bonds is 2. The van der Waals surface area contributed by atoms with E-state index in [4.69, 9.17) is 0 Å². The molecule has 1 amide bonds. The number of anilines is 1. The van der Waals surface area contributed by atoms with Crippen molar-refractivity contribution in [1.29, 1.82) is 0 Å². The quantitative estimate of drug-likeness (QED) is 0.710. The first-order valence-electron chi connectivity index (χ1n) is 5.72. The van der Waals surface area contributed by atoms with Crippen LogP contribution in [0.15, 0.2) is 53.4 Å². The van der Waals surface area contributed by atoms with Gasteiger partial charge in [-0.05, 0) is 51.6 Å². The zero-order valence-electron chi connectivity index (χ0n) is 9.85. The molecule has 4 nitrogen and oxygen atoms in total. The SMILES string of the molecule is O=C(Nc1ccc(Br)nc1)c1ccc2cc[nH]c2c1. The van der Waals surface area contributed by atoms with Gasteiger partial charge in [0, 0.05) is 17.3 Å². The third-order valence-corrected chi connectivity index (χ3v) is 3.27. The minimum absolute atomic E-state index is 0.152. The molecule has 3 rings (SSSR count). The molecule has 19 heavy (non-hydrogen) atoms. The van der Waals surface area contributed by atoms with Crippen molar-refractivity contribution < 1.29 is 4.79 Å². The van der Waals surface area contributed by atoms with Gasteiger partial charge in [-0.15, -0.1) is 0 Å². The summed E-state index contributed by atoms with van der Waals surface area (Å²) in [4.78, 5) is 19.3. The molecule has 0 aliphatic carbocycles. The fraction of sp³-hybridized carbons (Fsp3) is 0. The summed E-state index contributed by atoms with van der Waals surface area (Å²) < 4.78 is 0.735. The Labute approximate surface area is 118 Å². The maximum Gasteiger partial charge on any atom is 0.255 e. The van der Waals surface area contributed by atoms with Crippen LogP contribution in [0.4, 0.5) is 5.69 Å². The standard InChI is InChI=1S/C14H10BrN3O/c15-13-4-3-11(8-17-13)18-14(19)10-2-1-9-5-6-16-12(9)7-10/h1-8,16H,(H,18,19). The molecule has 0 unspecified atom stereocenters. The molecule has 1 aromatic carbocycles. The average molecular weight is 316 g/mol.